The van der Waals surface area contributed by atoms with Crippen molar-refractivity contribution in [3.05, 3.63) is 11.8 Å². The smallest absolute Gasteiger partial charge is 0.245 e. The number of piperazine rings is 1. The summed E-state index contributed by atoms with van der Waals surface area (Å²) in [6.07, 6.45) is 0. The van der Waals surface area contributed by atoms with Crippen LogP contribution in [0.25, 0.3) is 0 Å². The Balaban J connectivity index is 2.41. The van der Waals surface area contributed by atoms with Crippen molar-refractivity contribution in [2.45, 2.75) is 26.3 Å². The van der Waals surface area contributed by atoms with Gasteiger partial charge in [0, 0.05) is 24.8 Å². The van der Waals surface area contributed by atoms with Crippen molar-refractivity contribution in [2.75, 3.05) is 23.7 Å². The van der Waals surface area contributed by atoms with E-state index < -0.39 is 5.54 Å². The van der Waals surface area contributed by atoms with Crippen LogP contribution in [0.4, 0.5) is 11.8 Å². The molecule has 0 saturated carbocycles. The van der Waals surface area contributed by atoms with Crippen LogP contribution in [-0.2, 0) is 4.79 Å². The highest BCUT2D eigenvalue weighted by molar-refractivity contribution is 5.90. The highest BCUT2D eigenvalue weighted by Gasteiger charge is 2.38. The number of nitrogens with two attached hydrogens (primary N) is 1. The lowest BCUT2D eigenvalue weighted by Crippen LogP contribution is -2.62. The second-order valence-electron chi connectivity index (χ2n) is 4.69. The lowest BCUT2D eigenvalue weighted by molar-refractivity contribution is -0.126. The van der Waals surface area contributed by atoms with Crippen molar-refractivity contribution >= 4 is 17.7 Å². The summed E-state index contributed by atoms with van der Waals surface area (Å²) in [7, 11) is 0. The number of aromatic nitrogens is 2. The van der Waals surface area contributed by atoms with Crippen LogP contribution in [0.15, 0.2) is 6.07 Å². The fourth-order valence-corrected chi connectivity index (χ4v) is 2.01. The van der Waals surface area contributed by atoms with Gasteiger partial charge < -0.3 is 16.0 Å². The van der Waals surface area contributed by atoms with E-state index in [1.165, 1.54) is 0 Å². The number of hydrogen-bond donors (Lipinski definition) is 2. The third kappa shape index (κ3) is 2.02. The van der Waals surface area contributed by atoms with E-state index in [4.69, 9.17) is 5.73 Å². The third-order valence-corrected chi connectivity index (χ3v) is 2.99. The van der Waals surface area contributed by atoms with Gasteiger partial charge in [0.05, 0.1) is 0 Å². The molecular formula is C11H17N5O. The zero-order valence-corrected chi connectivity index (χ0v) is 10.3. The van der Waals surface area contributed by atoms with Gasteiger partial charge in [-0.05, 0) is 20.8 Å². The molecule has 0 aromatic carbocycles. The Kier molecular flexibility index (Phi) is 2.65. The first-order chi connectivity index (χ1) is 7.91. The summed E-state index contributed by atoms with van der Waals surface area (Å²) < 4.78 is 0. The molecule has 2 rings (SSSR count). The summed E-state index contributed by atoms with van der Waals surface area (Å²) in [5.41, 5.74) is 5.82. The monoisotopic (exact) mass is 235 g/mol. The lowest BCUT2D eigenvalue weighted by atomic mass is 9.99. The van der Waals surface area contributed by atoms with Crippen molar-refractivity contribution in [2.24, 2.45) is 0 Å². The van der Waals surface area contributed by atoms with Gasteiger partial charge in [-0.15, -0.1) is 0 Å². The van der Waals surface area contributed by atoms with Crippen molar-refractivity contribution in [1.82, 2.24) is 15.3 Å². The standard InChI is InChI=1S/C11H17N5O/c1-7-6-8(15-10(12)14-7)16-5-4-13-9(17)11(16,2)3/h6H,4-5H2,1-3H3,(H,13,17)(H2,12,14,15). The van der Waals surface area contributed by atoms with Crippen LogP contribution >= 0.6 is 0 Å². The average molecular weight is 235 g/mol. The van der Waals surface area contributed by atoms with Crippen molar-refractivity contribution in [1.29, 1.82) is 0 Å². The van der Waals surface area contributed by atoms with Gasteiger partial charge in [0.2, 0.25) is 11.9 Å². The Bertz CT molecular complexity index is 437. The number of carbonyl (C=O) groups is 1. The van der Waals surface area contributed by atoms with Gasteiger partial charge in [-0.2, -0.15) is 4.98 Å². The quantitative estimate of drug-likeness (QED) is 0.720. The molecule has 1 fully saturated rings. The molecule has 1 saturated heterocycles. The van der Waals surface area contributed by atoms with Gasteiger partial charge in [0.15, 0.2) is 0 Å². The number of carbonyl (C=O) groups excluding carboxylic acids is 1. The maximum absolute atomic E-state index is 11.8. The van der Waals surface area contributed by atoms with E-state index in [1.807, 2.05) is 31.7 Å². The molecule has 6 heteroatoms. The predicted molar refractivity (Wildman–Crippen MR) is 65.6 cm³/mol. The minimum atomic E-state index is -0.620. The Labute approximate surface area is 100 Å². The van der Waals surface area contributed by atoms with E-state index in [0.717, 1.165) is 5.69 Å². The second kappa shape index (κ2) is 3.87. The molecule has 1 aliphatic rings. The Morgan fingerprint density at radius 3 is 2.82 bits per heavy atom. The van der Waals surface area contributed by atoms with Gasteiger partial charge in [0.1, 0.15) is 11.4 Å². The zero-order valence-electron chi connectivity index (χ0n) is 10.3. The van der Waals surface area contributed by atoms with Crippen LogP contribution in [0.1, 0.15) is 19.5 Å². The van der Waals surface area contributed by atoms with Gasteiger partial charge >= 0.3 is 0 Å². The zero-order chi connectivity index (χ0) is 12.6. The molecule has 0 unspecified atom stereocenters. The summed E-state index contributed by atoms with van der Waals surface area (Å²) >= 11 is 0. The number of aryl methyl sites for hydroxylation is 1. The normalized spacial score (nSPS) is 19.0. The molecule has 0 spiro atoms. The predicted octanol–water partition coefficient (Wildman–Crippen LogP) is 0.0820. The van der Waals surface area contributed by atoms with Crippen molar-refractivity contribution < 1.29 is 4.79 Å². The van der Waals surface area contributed by atoms with Crippen molar-refractivity contribution in [3.63, 3.8) is 0 Å². The Morgan fingerprint density at radius 1 is 1.47 bits per heavy atom. The Morgan fingerprint density at radius 2 is 2.18 bits per heavy atom. The van der Waals surface area contributed by atoms with Crippen LogP contribution in [0.2, 0.25) is 0 Å². The molecule has 1 amide bonds. The molecular weight excluding hydrogens is 218 g/mol. The number of nitrogens with zero attached hydrogens (tertiary/aromatic N) is 3. The molecule has 17 heavy (non-hydrogen) atoms. The largest absolute Gasteiger partial charge is 0.368 e. The molecule has 92 valence electrons. The summed E-state index contributed by atoms with van der Waals surface area (Å²) in [6, 6.07) is 1.84. The third-order valence-electron chi connectivity index (χ3n) is 2.99. The van der Waals surface area contributed by atoms with Gasteiger partial charge in [-0.3, -0.25) is 4.79 Å². The molecule has 3 N–H and O–H groups in total. The van der Waals surface area contributed by atoms with E-state index in [1.54, 1.807) is 0 Å². The minimum absolute atomic E-state index is 0.00131. The first kappa shape index (κ1) is 11.6. The number of rotatable bonds is 1. The van der Waals surface area contributed by atoms with Gasteiger partial charge in [0.25, 0.3) is 0 Å². The summed E-state index contributed by atoms with van der Waals surface area (Å²) in [4.78, 5) is 22.0. The van der Waals surface area contributed by atoms with E-state index in [2.05, 4.69) is 15.3 Å². The SMILES string of the molecule is Cc1cc(N2CCNC(=O)C2(C)C)nc(N)n1. The van der Waals surface area contributed by atoms with Gasteiger partial charge in [-0.25, -0.2) is 4.98 Å². The molecule has 0 radical (unpaired) electrons. The first-order valence-electron chi connectivity index (χ1n) is 5.58. The first-order valence-corrected chi connectivity index (χ1v) is 5.58. The van der Waals surface area contributed by atoms with Crippen molar-refractivity contribution in [3.8, 4) is 0 Å². The average Bonchev–Trinajstić information content (AvgIpc) is 2.20. The second-order valence-corrected chi connectivity index (χ2v) is 4.69. The molecule has 1 aromatic rings. The van der Waals surface area contributed by atoms with Crippen LogP contribution in [0.5, 0.6) is 0 Å². The number of nitrogen functional groups attached to an aromatic ring is 1. The van der Waals surface area contributed by atoms with E-state index >= 15 is 0 Å². The van der Waals surface area contributed by atoms with Crippen LogP contribution < -0.4 is 16.0 Å². The van der Waals surface area contributed by atoms with Crippen LogP contribution in [0.3, 0.4) is 0 Å². The number of nitrogens with one attached hydrogen (secondary N) is 1. The highest BCUT2D eigenvalue weighted by Crippen LogP contribution is 2.25. The van der Waals surface area contributed by atoms with E-state index in [0.29, 0.717) is 18.9 Å². The minimum Gasteiger partial charge on any atom is -0.368 e. The van der Waals surface area contributed by atoms with Crippen LogP contribution in [-0.4, -0.2) is 34.5 Å². The molecule has 1 aliphatic heterocycles. The van der Waals surface area contributed by atoms with Gasteiger partial charge in [-0.1, -0.05) is 0 Å². The topological polar surface area (TPSA) is 84.1 Å². The number of anilines is 2. The molecule has 1 aromatic heterocycles. The maximum Gasteiger partial charge on any atom is 0.245 e. The highest BCUT2D eigenvalue weighted by atomic mass is 16.2. The number of amides is 1. The fraction of sp³-hybridized carbons (Fsp3) is 0.545. The summed E-state index contributed by atoms with van der Waals surface area (Å²) in [5.74, 6) is 0.940. The molecule has 0 bridgehead atoms. The molecule has 0 aliphatic carbocycles. The van der Waals surface area contributed by atoms with E-state index in [-0.39, 0.29) is 11.9 Å². The maximum atomic E-state index is 11.8. The van der Waals surface area contributed by atoms with E-state index in [9.17, 15) is 4.79 Å². The lowest BCUT2D eigenvalue weighted by Gasteiger charge is -2.42. The Hall–Kier alpha value is -1.85. The summed E-state index contributed by atoms with van der Waals surface area (Å²) in [6.45, 7) is 6.93. The molecule has 6 nitrogen and oxygen atoms in total. The molecule has 0 atom stereocenters. The van der Waals surface area contributed by atoms with Crippen LogP contribution in [0, 0.1) is 6.92 Å². The number of hydrogen-bond acceptors (Lipinski definition) is 5. The molecule has 2 heterocycles. The fourth-order valence-electron chi connectivity index (χ4n) is 2.01. The summed E-state index contributed by atoms with van der Waals surface area (Å²) in [5, 5.41) is 2.85.